The molecule has 1 N–H and O–H groups in total. The molecule has 0 radical (unpaired) electrons. The van der Waals surface area contributed by atoms with Gasteiger partial charge in [-0.1, -0.05) is 18.2 Å². The molecule has 1 fully saturated rings. The lowest BCUT2D eigenvalue weighted by Gasteiger charge is -2.22. The molecule has 6 heteroatoms. The van der Waals surface area contributed by atoms with Crippen molar-refractivity contribution in [3.05, 3.63) is 52.8 Å². The summed E-state index contributed by atoms with van der Waals surface area (Å²) in [4.78, 5) is 23.1. The minimum atomic E-state index is -0.130. The van der Waals surface area contributed by atoms with Gasteiger partial charge in [-0.3, -0.25) is 4.79 Å². The number of benzene rings is 1. The molecular formula is C20H23N3O3. The molecule has 0 spiro atoms. The summed E-state index contributed by atoms with van der Waals surface area (Å²) in [6, 6.07) is 5.73. The number of nitrogens with zero attached hydrogens (tertiary/aromatic N) is 2. The maximum absolute atomic E-state index is 13.3. The van der Waals surface area contributed by atoms with Crippen LogP contribution in [-0.2, 0) is 4.74 Å². The van der Waals surface area contributed by atoms with Crippen molar-refractivity contribution >= 4 is 16.9 Å². The number of likely N-dealkylation sites (tertiary alicyclic amines) is 1. The van der Waals surface area contributed by atoms with E-state index in [1.807, 2.05) is 43.9 Å². The predicted molar refractivity (Wildman–Crippen MR) is 98.2 cm³/mol. The highest BCUT2D eigenvalue weighted by Gasteiger charge is 2.39. The summed E-state index contributed by atoms with van der Waals surface area (Å²) >= 11 is 0. The molecule has 1 amide bonds. The molecule has 136 valence electrons. The van der Waals surface area contributed by atoms with Crippen LogP contribution in [0.5, 0.6) is 0 Å². The van der Waals surface area contributed by atoms with E-state index >= 15 is 0 Å². The molecule has 1 saturated heterocycles. The lowest BCUT2D eigenvalue weighted by Crippen LogP contribution is -2.32. The summed E-state index contributed by atoms with van der Waals surface area (Å²) in [5.41, 5.74) is 4.35. The van der Waals surface area contributed by atoms with E-state index in [0.717, 1.165) is 40.2 Å². The van der Waals surface area contributed by atoms with Gasteiger partial charge in [0.2, 0.25) is 0 Å². The van der Waals surface area contributed by atoms with Gasteiger partial charge < -0.3 is 19.0 Å². The molecule has 2 aromatic heterocycles. The fourth-order valence-electron chi connectivity index (χ4n) is 3.71. The number of carbonyl (C=O) groups is 1. The zero-order chi connectivity index (χ0) is 18.4. The van der Waals surface area contributed by atoms with Crippen molar-refractivity contribution in [2.24, 2.45) is 0 Å². The van der Waals surface area contributed by atoms with Crippen molar-refractivity contribution in [2.75, 3.05) is 13.7 Å². The molecule has 4 rings (SSSR count). The minimum absolute atomic E-state index is 0.00503. The Morgan fingerprint density at radius 1 is 1.35 bits per heavy atom. The molecule has 0 aliphatic carbocycles. The number of fused-ring (bicyclic) bond motifs is 1. The number of amides is 1. The van der Waals surface area contributed by atoms with Gasteiger partial charge in [-0.2, -0.15) is 0 Å². The number of carbonyl (C=O) groups excluding carboxylic acids is 1. The number of aryl methyl sites for hydroxylation is 3. The minimum Gasteiger partial charge on any atom is -0.463 e. The molecule has 0 unspecified atom stereocenters. The third-order valence-corrected chi connectivity index (χ3v) is 5.35. The molecular weight excluding hydrogens is 330 g/mol. The number of aromatic amines is 1. The van der Waals surface area contributed by atoms with Gasteiger partial charge in [0.05, 0.1) is 23.4 Å². The quantitative estimate of drug-likeness (QED) is 0.780. The number of methoxy groups -OCH3 is 1. The van der Waals surface area contributed by atoms with Crippen LogP contribution in [-0.4, -0.2) is 40.5 Å². The summed E-state index contributed by atoms with van der Waals surface area (Å²) in [6.07, 6.45) is 2.29. The number of hydrogen-bond donors (Lipinski definition) is 1. The van der Waals surface area contributed by atoms with Crippen LogP contribution in [0.15, 0.2) is 28.9 Å². The van der Waals surface area contributed by atoms with E-state index in [1.54, 1.807) is 13.4 Å². The number of hydrogen-bond acceptors (Lipinski definition) is 4. The van der Waals surface area contributed by atoms with Gasteiger partial charge in [-0.15, -0.1) is 0 Å². The van der Waals surface area contributed by atoms with Crippen LogP contribution in [0.4, 0.5) is 0 Å². The van der Waals surface area contributed by atoms with Crippen LogP contribution in [0.1, 0.15) is 45.6 Å². The van der Waals surface area contributed by atoms with E-state index < -0.39 is 0 Å². The van der Waals surface area contributed by atoms with Crippen molar-refractivity contribution in [3.63, 3.8) is 0 Å². The zero-order valence-corrected chi connectivity index (χ0v) is 15.5. The van der Waals surface area contributed by atoms with Crippen LogP contribution in [0.3, 0.4) is 0 Å². The summed E-state index contributed by atoms with van der Waals surface area (Å²) in [7, 11) is 1.69. The predicted octanol–water partition coefficient (Wildman–Crippen LogP) is 3.68. The average molecular weight is 353 g/mol. The molecule has 1 aliphatic heterocycles. The van der Waals surface area contributed by atoms with Crippen LogP contribution < -0.4 is 0 Å². The Bertz CT molecular complexity index is 953. The lowest BCUT2D eigenvalue weighted by molar-refractivity contribution is 0.0685. The maximum Gasteiger partial charge on any atom is 0.258 e. The van der Waals surface area contributed by atoms with Gasteiger partial charge in [-0.05, 0) is 26.3 Å². The first-order valence-corrected chi connectivity index (χ1v) is 8.83. The van der Waals surface area contributed by atoms with Crippen LogP contribution in [0.2, 0.25) is 0 Å². The van der Waals surface area contributed by atoms with Crippen molar-refractivity contribution < 1.29 is 13.9 Å². The number of furan rings is 1. The van der Waals surface area contributed by atoms with Gasteiger partial charge in [0.25, 0.3) is 5.91 Å². The highest BCUT2D eigenvalue weighted by Crippen LogP contribution is 2.35. The zero-order valence-electron chi connectivity index (χ0n) is 15.5. The van der Waals surface area contributed by atoms with Crippen molar-refractivity contribution in [2.45, 2.75) is 39.3 Å². The summed E-state index contributed by atoms with van der Waals surface area (Å²) in [6.45, 7) is 6.48. The smallest absolute Gasteiger partial charge is 0.258 e. The Morgan fingerprint density at radius 3 is 2.85 bits per heavy atom. The van der Waals surface area contributed by atoms with E-state index in [1.165, 1.54) is 0 Å². The first-order chi connectivity index (χ1) is 12.5. The molecule has 3 heterocycles. The number of ether oxygens (including phenoxy) is 1. The monoisotopic (exact) mass is 353 g/mol. The van der Waals surface area contributed by atoms with Crippen LogP contribution >= 0.6 is 0 Å². The van der Waals surface area contributed by atoms with E-state index in [9.17, 15) is 4.79 Å². The fraction of sp³-hybridized carbons (Fsp3) is 0.400. The van der Waals surface area contributed by atoms with Gasteiger partial charge in [0.1, 0.15) is 17.7 Å². The summed E-state index contributed by atoms with van der Waals surface area (Å²) in [5.74, 6) is 0.766. The second-order valence-corrected chi connectivity index (χ2v) is 7.00. The second kappa shape index (κ2) is 6.29. The molecule has 2 atom stereocenters. The molecule has 26 heavy (non-hydrogen) atoms. The van der Waals surface area contributed by atoms with Gasteiger partial charge in [0, 0.05) is 31.2 Å². The Morgan fingerprint density at radius 2 is 2.15 bits per heavy atom. The highest BCUT2D eigenvalue weighted by molar-refractivity contribution is 6.06. The van der Waals surface area contributed by atoms with Crippen LogP contribution in [0, 0.1) is 20.8 Å². The number of imidazole rings is 1. The van der Waals surface area contributed by atoms with Gasteiger partial charge in [-0.25, -0.2) is 4.98 Å². The number of H-pyrrole nitrogens is 1. The third-order valence-electron chi connectivity index (χ3n) is 5.35. The van der Waals surface area contributed by atoms with E-state index in [4.69, 9.17) is 9.15 Å². The number of para-hydroxylation sites is 1. The molecule has 1 aromatic carbocycles. The summed E-state index contributed by atoms with van der Waals surface area (Å²) in [5, 5.41) is 0.849. The first kappa shape index (κ1) is 16.8. The van der Waals surface area contributed by atoms with Crippen molar-refractivity contribution in [1.29, 1.82) is 0 Å². The second-order valence-electron chi connectivity index (χ2n) is 7.00. The lowest BCUT2D eigenvalue weighted by atomic mass is 10.1. The van der Waals surface area contributed by atoms with Gasteiger partial charge in [0.15, 0.2) is 0 Å². The van der Waals surface area contributed by atoms with Gasteiger partial charge >= 0.3 is 0 Å². The molecule has 1 aliphatic rings. The van der Waals surface area contributed by atoms with E-state index in [2.05, 4.69) is 9.97 Å². The Hall–Kier alpha value is -2.60. The largest absolute Gasteiger partial charge is 0.463 e. The third kappa shape index (κ3) is 2.61. The normalized spacial score (nSPS) is 20.2. The number of aromatic nitrogens is 2. The molecule has 0 saturated carbocycles. The Labute approximate surface area is 152 Å². The number of rotatable bonds is 3. The van der Waals surface area contributed by atoms with E-state index in [-0.39, 0.29) is 18.1 Å². The fourth-order valence-corrected chi connectivity index (χ4v) is 3.71. The SMILES string of the molecule is CO[C@@H]1C[C@@H](c2nc(C)c(C)[nH]2)N(C(=O)c2coc3c(C)cccc23)C1. The number of nitrogens with one attached hydrogen (secondary N) is 1. The highest BCUT2D eigenvalue weighted by atomic mass is 16.5. The average Bonchev–Trinajstić information content (AvgIpc) is 3.32. The first-order valence-electron chi connectivity index (χ1n) is 8.83. The van der Waals surface area contributed by atoms with Crippen molar-refractivity contribution in [3.8, 4) is 0 Å². The molecule has 3 aromatic rings. The molecule has 0 bridgehead atoms. The van der Waals surface area contributed by atoms with Crippen molar-refractivity contribution in [1.82, 2.24) is 14.9 Å². The summed E-state index contributed by atoms with van der Waals surface area (Å²) < 4.78 is 11.2. The maximum atomic E-state index is 13.3. The van der Waals surface area contributed by atoms with Crippen LogP contribution in [0.25, 0.3) is 11.0 Å². The molecule has 6 nitrogen and oxygen atoms in total. The Balaban J connectivity index is 1.73. The van der Waals surface area contributed by atoms with E-state index in [0.29, 0.717) is 12.1 Å². The topological polar surface area (TPSA) is 71.4 Å². The Kier molecular flexibility index (Phi) is 4.07. The standard InChI is InChI=1S/C20H23N3O3/c1-11-6-5-7-15-16(10-26-18(11)15)20(24)23-9-14(25-4)8-17(23)19-21-12(2)13(3)22-19/h5-7,10,14,17H,8-9H2,1-4H3,(H,21,22)/t14-,17+/m1/s1.